The van der Waals surface area contributed by atoms with E-state index in [1.54, 1.807) is 0 Å². The van der Waals surface area contributed by atoms with E-state index >= 15 is 0 Å². The fraction of sp³-hybridized carbons (Fsp3) is 0.636. The number of morpholine rings is 1. The molecule has 0 radical (unpaired) electrons. The predicted octanol–water partition coefficient (Wildman–Crippen LogP) is 4.95. The fourth-order valence-electron chi connectivity index (χ4n) is 4.80. The second-order valence-corrected chi connectivity index (χ2v) is 9.44. The van der Waals surface area contributed by atoms with Gasteiger partial charge in [-0.15, -0.1) is 0 Å². The lowest BCUT2D eigenvalue weighted by molar-refractivity contribution is 0.0172. The van der Waals surface area contributed by atoms with E-state index in [9.17, 15) is 0 Å². The van der Waals surface area contributed by atoms with E-state index < -0.39 is 0 Å². The Morgan fingerprint density at radius 1 is 1.11 bits per heavy atom. The maximum absolute atomic E-state index is 6.61. The summed E-state index contributed by atoms with van der Waals surface area (Å²) < 4.78 is 5.62. The number of anilines is 1. The summed E-state index contributed by atoms with van der Waals surface area (Å²) in [5, 5.41) is 0.722. The molecular weight excluding hydrogens is 390 g/mol. The summed E-state index contributed by atoms with van der Waals surface area (Å²) >= 11 is 12.7. The summed E-state index contributed by atoms with van der Waals surface area (Å²) in [6, 6.07) is 8.52. The van der Waals surface area contributed by atoms with Crippen LogP contribution >= 0.6 is 23.8 Å². The number of benzene rings is 1. The molecule has 152 valence electrons. The molecule has 2 aliphatic heterocycles. The van der Waals surface area contributed by atoms with Gasteiger partial charge in [-0.3, -0.25) is 14.8 Å². The average molecular weight is 420 g/mol. The second-order valence-electron chi connectivity index (χ2n) is 8.64. The van der Waals surface area contributed by atoms with Crippen molar-refractivity contribution in [3.8, 4) is 0 Å². The van der Waals surface area contributed by atoms with E-state index in [1.807, 2.05) is 18.2 Å². The SMILES string of the molecule is CC1(C)C(=S)N(c2ccccc2Cl)C(=NC2CCCCC2)[C@@H]1N1CCOCC1. The highest BCUT2D eigenvalue weighted by Crippen LogP contribution is 2.43. The molecule has 0 bridgehead atoms. The van der Waals surface area contributed by atoms with Crippen LogP contribution in [0, 0.1) is 5.41 Å². The standard InChI is InChI=1S/C22H30ClN3OS/c1-22(2)19(25-12-14-27-15-13-25)20(24-16-8-4-3-5-9-16)26(21(22)28)18-11-7-6-10-17(18)23/h6-7,10-11,16,19H,3-5,8-9,12-15H2,1-2H3/t19-/m0/s1. The number of thiocarbonyl (C=S) groups is 1. The Morgan fingerprint density at radius 2 is 1.79 bits per heavy atom. The van der Waals surface area contributed by atoms with Gasteiger partial charge in [-0.05, 0) is 25.0 Å². The molecule has 1 aliphatic carbocycles. The van der Waals surface area contributed by atoms with Gasteiger partial charge in [0.05, 0.1) is 41.0 Å². The van der Waals surface area contributed by atoms with Crippen molar-refractivity contribution >= 4 is 40.3 Å². The Kier molecular flexibility index (Phi) is 6.07. The number of ether oxygens (including phenoxy) is 1. The first-order chi connectivity index (χ1) is 13.5. The monoisotopic (exact) mass is 419 g/mol. The van der Waals surface area contributed by atoms with Crippen molar-refractivity contribution in [2.75, 3.05) is 31.2 Å². The largest absolute Gasteiger partial charge is 0.379 e. The molecule has 0 unspecified atom stereocenters. The molecule has 3 fully saturated rings. The van der Waals surface area contributed by atoms with Crippen LogP contribution in [0.1, 0.15) is 46.0 Å². The Hall–Kier alpha value is -1.01. The molecule has 0 N–H and O–H groups in total. The minimum atomic E-state index is -0.195. The predicted molar refractivity (Wildman–Crippen MR) is 121 cm³/mol. The van der Waals surface area contributed by atoms with Crippen molar-refractivity contribution < 1.29 is 4.74 Å². The topological polar surface area (TPSA) is 28.1 Å². The van der Waals surface area contributed by atoms with Crippen LogP contribution in [-0.4, -0.2) is 54.1 Å². The second kappa shape index (κ2) is 8.39. The molecule has 0 amide bonds. The van der Waals surface area contributed by atoms with E-state index in [4.69, 9.17) is 33.5 Å². The highest BCUT2D eigenvalue weighted by atomic mass is 35.5. The van der Waals surface area contributed by atoms with Crippen LogP contribution in [0.3, 0.4) is 0 Å². The third kappa shape index (κ3) is 3.74. The molecule has 28 heavy (non-hydrogen) atoms. The van der Waals surface area contributed by atoms with E-state index in [2.05, 4.69) is 29.7 Å². The van der Waals surface area contributed by atoms with Crippen LogP contribution in [0.4, 0.5) is 5.69 Å². The lowest BCUT2D eigenvalue weighted by Crippen LogP contribution is -2.52. The Morgan fingerprint density at radius 3 is 2.46 bits per heavy atom. The zero-order valence-corrected chi connectivity index (χ0v) is 18.4. The van der Waals surface area contributed by atoms with Gasteiger partial charge in [0, 0.05) is 18.5 Å². The van der Waals surface area contributed by atoms with Crippen molar-refractivity contribution in [3.05, 3.63) is 29.3 Å². The zero-order chi connectivity index (χ0) is 19.7. The van der Waals surface area contributed by atoms with Crippen molar-refractivity contribution in [1.29, 1.82) is 0 Å². The summed E-state index contributed by atoms with van der Waals surface area (Å²) in [5.74, 6) is 1.08. The molecule has 2 saturated heterocycles. The van der Waals surface area contributed by atoms with Crippen LogP contribution in [0.25, 0.3) is 0 Å². The molecule has 0 spiro atoms. The smallest absolute Gasteiger partial charge is 0.127 e. The zero-order valence-electron chi connectivity index (χ0n) is 16.9. The van der Waals surface area contributed by atoms with Gasteiger partial charge in [0.25, 0.3) is 0 Å². The lowest BCUT2D eigenvalue weighted by atomic mass is 9.85. The Balaban J connectivity index is 1.80. The maximum Gasteiger partial charge on any atom is 0.127 e. The van der Waals surface area contributed by atoms with Gasteiger partial charge < -0.3 is 4.74 Å². The number of amidine groups is 1. The number of para-hydroxylation sites is 1. The Labute approximate surface area is 178 Å². The molecule has 1 atom stereocenters. The van der Waals surface area contributed by atoms with Gasteiger partial charge in [0.1, 0.15) is 5.84 Å². The fourth-order valence-corrected chi connectivity index (χ4v) is 5.32. The van der Waals surface area contributed by atoms with E-state index in [1.165, 1.54) is 32.1 Å². The molecule has 2 heterocycles. The number of aliphatic imine (C=N–C) groups is 1. The average Bonchev–Trinajstić information content (AvgIpc) is 2.89. The van der Waals surface area contributed by atoms with Crippen molar-refractivity contribution in [1.82, 2.24) is 4.90 Å². The van der Waals surface area contributed by atoms with Gasteiger partial charge in [0.2, 0.25) is 0 Å². The molecule has 1 aromatic carbocycles. The third-order valence-corrected chi connectivity index (χ3v) is 7.33. The van der Waals surface area contributed by atoms with Crippen molar-refractivity contribution in [2.24, 2.45) is 10.4 Å². The van der Waals surface area contributed by atoms with Crippen molar-refractivity contribution in [3.63, 3.8) is 0 Å². The summed E-state index contributed by atoms with van der Waals surface area (Å²) in [5.41, 5.74) is 0.756. The van der Waals surface area contributed by atoms with Gasteiger partial charge >= 0.3 is 0 Å². The van der Waals surface area contributed by atoms with E-state index in [0.29, 0.717) is 6.04 Å². The molecule has 4 nitrogen and oxygen atoms in total. The number of halogens is 1. The van der Waals surface area contributed by atoms with Gasteiger partial charge in [-0.25, -0.2) is 0 Å². The lowest BCUT2D eigenvalue weighted by Gasteiger charge is -2.38. The minimum Gasteiger partial charge on any atom is -0.379 e. The molecular formula is C22H30ClN3OS. The van der Waals surface area contributed by atoms with Gasteiger partial charge in [-0.2, -0.15) is 0 Å². The number of nitrogens with zero attached hydrogens (tertiary/aromatic N) is 3. The van der Waals surface area contributed by atoms with Gasteiger partial charge in [-0.1, -0.05) is 69.1 Å². The molecule has 3 aliphatic rings. The van der Waals surface area contributed by atoms with Crippen molar-refractivity contribution in [2.45, 2.75) is 58.0 Å². The maximum atomic E-state index is 6.61. The van der Waals surface area contributed by atoms with E-state index in [0.717, 1.165) is 47.8 Å². The van der Waals surface area contributed by atoms with Crippen LogP contribution in [0.15, 0.2) is 29.3 Å². The Bertz CT molecular complexity index is 754. The molecule has 4 rings (SSSR count). The van der Waals surface area contributed by atoms with Crippen LogP contribution in [-0.2, 0) is 4.74 Å². The van der Waals surface area contributed by atoms with Crippen LogP contribution in [0.5, 0.6) is 0 Å². The highest BCUT2D eigenvalue weighted by molar-refractivity contribution is 7.80. The molecule has 6 heteroatoms. The van der Waals surface area contributed by atoms with Crippen LogP contribution in [0.2, 0.25) is 5.02 Å². The highest BCUT2D eigenvalue weighted by Gasteiger charge is 2.52. The van der Waals surface area contributed by atoms with Gasteiger partial charge in [0.15, 0.2) is 0 Å². The summed E-state index contributed by atoms with van der Waals surface area (Å²) in [6.07, 6.45) is 6.20. The first-order valence-electron chi connectivity index (χ1n) is 10.5. The molecule has 1 aromatic rings. The minimum absolute atomic E-state index is 0.155. The third-order valence-electron chi connectivity index (χ3n) is 6.31. The summed E-state index contributed by atoms with van der Waals surface area (Å²) in [6.45, 7) is 7.86. The normalized spacial score (nSPS) is 28.2. The number of hydrogen-bond donors (Lipinski definition) is 0. The van der Waals surface area contributed by atoms with E-state index in [-0.39, 0.29) is 11.5 Å². The quantitative estimate of drug-likeness (QED) is 0.648. The van der Waals surface area contributed by atoms with Crippen LogP contribution < -0.4 is 4.90 Å². The molecule has 0 aromatic heterocycles. The first-order valence-corrected chi connectivity index (χ1v) is 11.3. The first kappa shape index (κ1) is 20.3. The summed E-state index contributed by atoms with van der Waals surface area (Å²) in [4.78, 5) is 10.9. The number of hydrogen-bond acceptors (Lipinski definition) is 4. The molecule has 1 saturated carbocycles. The number of rotatable bonds is 3. The summed E-state index contributed by atoms with van der Waals surface area (Å²) in [7, 11) is 0.